The number of anilines is 1. The van der Waals surface area contributed by atoms with Crippen molar-refractivity contribution in [2.24, 2.45) is 0 Å². The van der Waals surface area contributed by atoms with E-state index in [4.69, 9.17) is 4.74 Å². The number of aliphatic hydroxyl groups is 1. The SMILES string of the molecule is COC(=O)/C(=C/Cn1c(-c2ccccc2)ncc(NC(=O)OCc2ccccc2)c1=O)CO. The Kier molecular flexibility index (Phi) is 8.09. The Balaban J connectivity index is 1.89. The number of nitrogens with zero attached hydrogens (tertiary/aromatic N) is 2. The fraction of sp³-hybridized carbons (Fsp3) is 0.167. The quantitative estimate of drug-likeness (QED) is 0.401. The van der Waals surface area contributed by atoms with Gasteiger partial charge < -0.3 is 14.6 Å². The second-order valence-electron chi connectivity index (χ2n) is 6.84. The normalized spacial score (nSPS) is 11.0. The van der Waals surface area contributed by atoms with Gasteiger partial charge in [0.2, 0.25) is 0 Å². The summed E-state index contributed by atoms with van der Waals surface area (Å²) in [6.45, 7) is -0.604. The van der Waals surface area contributed by atoms with E-state index in [0.29, 0.717) is 11.4 Å². The number of hydrogen-bond donors (Lipinski definition) is 2. The molecule has 0 atom stereocenters. The van der Waals surface area contributed by atoms with Crippen molar-refractivity contribution in [3.05, 3.63) is 94.4 Å². The molecule has 1 aromatic heterocycles. The van der Waals surface area contributed by atoms with Crippen LogP contribution in [0, 0.1) is 0 Å². The standard InChI is InChI=1S/C24H23N3O6/c1-32-23(30)19(15-28)12-13-27-21(18-10-6-3-7-11-18)25-14-20(22(27)29)26-24(31)33-16-17-8-4-2-5-9-17/h2-12,14,28H,13,15-16H2,1H3,(H,26,31)/b19-12+. The summed E-state index contributed by atoms with van der Waals surface area (Å²) in [5, 5.41) is 11.9. The molecule has 0 saturated heterocycles. The molecular formula is C24H23N3O6. The third-order valence-corrected chi connectivity index (χ3v) is 4.67. The van der Waals surface area contributed by atoms with Crippen molar-refractivity contribution in [2.45, 2.75) is 13.2 Å². The highest BCUT2D eigenvalue weighted by molar-refractivity contribution is 5.88. The second kappa shape index (κ2) is 11.4. The number of esters is 1. The van der Waals surface area contributed by atoms with E-state index >= 15 is 0 Å². The summed E-state index contributed by atoms with van der Waals surface area (Å²) in [6, 6.07) is 18.1. The van der Waals surface area contributed by atoms with Gasteiger partial charge in [-0.25, -0.2) is 14.6 Å². The van der Waals surface area contributed by atoms with Gasteiger partial charge in [0.25, 0.3) is 5.56 Å². The van der Waals surface area contributed by atoms with E-state index in [1.54, 1.807) is 24.3 Å². The summed E-state index contributed by atoms with van der Waals surface area (Å²) in [5.74, 6) is -0.388. The number of ether oxygens (including phenoxy) is 2. The first kappa shape index (κ1) is 23.4. The summed E-state index contributed by atoms with van der Waals surface area (Å²) in [4.78, 5) is 41.5. The van der Waals surface area contributed by atoms with Crippen molar-refractivity contribution >= 4 is 17.7 Å². The molecule has 2 N–H and O–H groups in total. The van der Waals surface area contributed by atoms with Gasteiger partial charge in [0.1, 0.15) is 18.1 Å². The van der Waals surface area contributed by atoms with Crippen molar-refractivity contribution in [1.29, 1.82) is 0 Å². The number of amides is 1. The van der Waals surface area contributed by atoms with Gasteiger partial charge in [-0.05, 0) is 5.56 Å². The first-order chi connectivity index (χ1) is 16.0. The molecule has 0 fully saturated rings. The van der Waals surface area contributed by atoms with Crippen LogP contribution in [-0.4, -0.2) is 40.4 Å². The molecular weight excluding hydrogens is 426 g/mol. The van der Waals surface area contributed by atoms with Crippen molar-refractivity contribution in [3.63, 3.8) is 0 Å². The molecule has 170 valence electrons. The molecule has 33 heavy (non-hydrogen) atoms. The average molecular weight is 449 g/mol. The summed E-state index contributed by atoms with van der Waals surface area (Å²) in [7, 11) is 1.19. The lowest BCUT2D eigenvalue weighted by molar-refractivity contribution is -0.136. The Bertz CT molecular complexity index is 1190. The lowest BCUT2D eigenvalue weighted by Crippen LogP contribution is -2.28. The van der Waals surface area contributed by atoms with E-state index < -0.39 is 24.2 Å². The number of hydrogen-bond acceptors (Lipinski definition) is 7. The minimum atomic E-state index is -0.807. The van der Waals surface area contributed by atoms with Crippen LogP contribution in [0.1, 0.15) is 5.56 Å². The van der Waals surface area contributed by atoms with Crippen molar-refractivity contribution < 1.29 is 24.2 Å². The lowest BCUT2D eigenvalue weighted by atomic mass is 10.2. The van der Waals surface area contributed by atoms with E-state index in [-0.39, 0.29) is 24.4 Å². The fourth-order valence-corrected chi connectivity index (χ4v) is 2.98. The van der Waals surface area contributed by atoms with Crippen LogP contribution in [0.5, 0.6) is 0 Å². The van der Waals surface area contributed by atoms with Crippen LogP contribution in [0.3, 0.4) is 0 Å². The van der Waals surface area contributed by atoms with Crippen molar-refractivity contribution in [1.82, 2.24) is 9.55 Å². The molecule has 0 unspecified atom stereocenters. The summed E-state index contributed by atoms with van der Waals surface area (Å²) in [5.41, 5.74) is 0.796. The number of methoxy groups -OCH3 is 1. The first-order valence-electron chi connectivity index (χ1n) is 10.0. The molecule has 0 spiro atoms. The molecule has 3 aromatic rings. The number of nitrogens with one attached hydrogen (secondary N) is 1. The van der Waals surface area contributed by atoms with Gasteiger partial charge in [-0.2, -0.15) is 0 Å². The monoisotopic (exact) mass is 449 g/mol. The molecule has 1 amide bonds. The van der Waals surface area contributed by atoms with Crippen molar-refractivity contribution in [3.8, 4) is 11.4 Å². The minimum Gasteiger partial charge on any atom is -0.466 e. The van der Waals surface area contributed by atoms with Gasteiger partial charge in [0.15, 0.2) is 0 Å². The Morgan fingerprint density at radius 3 is 2.39 bits per heavy atom. The third kappa shape index (κ3) is 6.14. The molecule has 3 rings (SSSR count). The van der Waals surface area contributed by atoms with Crippen molar-refractivity contribution in [2.75, 3.05) is 19.0 Å². The van der Waals surface area contributed by atoms with Crippen LogP contribution in [-0.2, 0) is 27.4 Å². The Labute approximate surface area is 189 Å². The number of carbonyl (C=O) groups excluding carboxylic acids is 2. The molecule has 9 nitrogen and oxygen atoms in total. The molecule has 0 radical (unpaired) electrons. The lowest BCUT2D eigenvalue weighted by Gasteiger charge is -2.13. The van der Waals surface area contributed by atoms with Gasteiger partial charge in [-0.1, -0.05) is 66.7 Å². The highest BCUT2D eigenvalue weighted by Gasteiger charge is 2.15. The molecule has 0 aliphatic rings. The highest BCUT2D eigenvalue weighted by Crippen LogP contribution is 2.17. The van der Waals surface area contributed by atoms with Crippen LogP contribution in [0.2, 0.25) is 0 Å². The van der Waals surface area contributed by atoms with Crippen LogP contribution in [0.4, 0.5) is 10.5 Å². The topological polar surface area (TPSA) is 120 Å². The predicted molar refractivity (Wildman–Crippen MR) is 121 cm³/mol. The summed E-state index contributed by atoms with van der Waals surface area (Å²) in [6.07, 6.45) is 1.82. The second-order valence-corrected chi connectivity index (χ2v) is 6.84. The maximum atomic E-state index is 13.2. The number of aromatic nitrogens is 2. The molecule has 0 aliphatic carbocycles. The van der Waals surface area contributed by atoms with E-state index in [1.165, 1.54) is 23.9 Å². The highest BCUT2D eigenvalue weighted by atomic mass is 16.5. The Morgan fingerprint density at radius 1 is 1.09 bits per heavy atom. The van der Waals surface area contributed by atoms with E-state index in [9.17, 15) is 19.5 Å². The number of carbonyl (C=O) groups is 2. The van der Waals surface area contributed by atoms with Gasteiger partial charge >= 0.3 is 12.1 Å². The zero-order chi connectivity index (χ0) is 23.6. The number of rotatable bonds is 8. The smallest absolute Gasteiger partial charge is 0.412 e. The fourth-order valence-electron chi connectivity index (χ4n) is 2.98. The van der Waals surface area contributed by atoms with Gasteiger partial charge in [0, 0.05) is 12.1 Å². The van der Waals surface area contributed by atoms with Gasteiger partial charge in [-0.3, -0.25) is 14.7 Å². The minimum absolute atomic E-state index is 0.0101. The van der Waals surface area contributed by atoms with Crippen LogP contribution >= 0.6 is 0 Å². The molecule has 1 heterocycles. The Morgan fingerprint density at radius 2 is 1.76 bits per heavy atom. The zero-order valence-electron chi connectivity index (χ0n) is 17.9. The zero-order valence-corrected chi connectivity index (χ0v) is 17.9. The third-order valence-electron chi connectivity index (χ3n) is 4.67. The number of aliphatic hydroxyl groups excluding tert-OH is 1. The Hall–Kier alpha value is -4.24. The predicted octanol–water partition coefficient (Wildman–Crippen LogP) is 2.75. The maximum absolute atomic E-state index is 13.2. The summed E-state index contributed by atoms with van der Waals surface area (Å²) >= 11 is 0. The van der Waals surface area contributed by atoms with Crippen LogP contribution in [0.25, 0.3) is 11.4 Å². The van der Waals surface area contributed by atoms with Crippen LogP contribution in [0.15, 0.2) is 83.3 Å². The average Bonchev–Trinajstić information content (AvgIpc) is 2.86. The molecule has 9 heteroatoms. The molecule has 0 saturated carbocycles. The van der Waals surface area contributed by atoms with Gasteiger partial charge in [-0.15, -0.1) is 0 Å². The van der Waals surface area contributed by atoms with E-state index in [1.807, 2.05) is 36.4 Å². The van der Waals surface area contributed by atoms with E-state index in [0.717, 1.165) is 5.56 Å². The van der Waals surface area contributed by atoms with E-state index in [2.05, 4.69) is 15.0 Å². The number of allylic oxidation sites excluding steroid dienone is 1. The molecule has 0 bridgehead atoms. The van der Waals surface area contributed by atoms with Gasteiger partial charge in [0.05, 0.1) is 25.5 Å². The number of benzene rings is 2. The molecule has 2 aromatic carbocycles. The maximum Gasteiger partial charge on any atom is 0.412 e. The largest absolute Gasteiger partial charge is 0.466 e. The first-order valence-corrected chi connectivity index (χ1v) is 10.0. The molecule has 0 aliphatic heterocycles. The summed E-state index contributed by atoms with van der Waals surface area (Å²) < 4.78 is 11.1. The van der Waals surface area contributed by atoms with Crippen LogP contribution < -0.4 is 10.9 Å².